The minimum atomic E-state index is 0.382. The molecule has 0 saturated heterocycles. The van der Waals surface area contributed by atoms with Crippen molar-refractivity contribution in [3.8, 4) is 0 Å². The van der Waals surface area contributed by atoms with Gasteiger partial charge in [0, 0.05) is 14.3 Å². The van der Waals surface area contributed by atoms with Crippen LogP contribution in [-0.4, -0.2) is 9.97 Å². The predicted octanol–water partition coefficient (Wildman–Crippen LogP) is 5.46. The monoisotopic (exact) mass is 471 g/mol. The van der Waals surface area contributed by atoms with Gasteiger partial charge in [0.2, 0.25) is 0 Å². The van der Waals surface area contributed by atoms with Crippen molar-refractivity contribution in [2.75, 3.05) is 16.4 Å². The molecule has 122 valence electrons. The fourth-order valence-electron chi connectivity index (χ4n) is 1.99. The molecule has 3 aromatic rings. The van der Waals surface area contributed by atoms with Crippen LogP contribution >= 0.6 is 45.8 Å². The Bertz CT molecular complexity index is 871. The highest BCUT2D eigenvalue weighted by Gasteiger charge is 2.10. The molecule has 0 aliphatic rings. The topological polar surface area (TPSA) is 75.9 Å². The lowest BCUT2D eigenvalue weighted by atomic mass is 10.3. The van der Waals surface area contributed by atoms with Crippen LogP contribution in [0, 0.1) is 3.57 Å². The third kappa shape index (κ3) is 4.00. The molecule has 0 atom stereocenters. The van der Waals surface area contributed by atoms with E-state index in [4.69, 9.17) is 28.9 Å². The molecule has 0 fully saturated rings. The molecule has 0 spiro atoms. The first-order chi connectivity index (χ1) is 11.5. The Balaban J connectivity index is 1.88. The van der Waals surface area contributed by atoms with Crippen LogP contribution in [0.2, 0.25) is 10.0 Å². The van der Waals surface area contributed by atoms with Gasteiger partial charge >= 0.3 is 0 Å². The van der Waals surface area contributed by atoms with E-state index >= 15 is 0 Å². The van der Waals surface area contributed by atoms with E-state index < -0.39 is 0 Å². The van der Waals surface area contributed by atoms with Gasteiger partial charge in [-0.1, -0.05) is 23.2 Å². The molecule has 8 heteroatoms. The Morgan fingerprint density at radius 3 is 2.29 bits per heavy atom. The van der Waals surface area contributed by atoms with E-state index in [1.165, 1.54) is 6.33 Å². The van der Waals surface area contributed by atoms with Crippen LogP contribution in [0.4, 0.5) is 28.7 Å². The summed E-state index contributed by atoms with van der Waals surface area (Å²) in [7, 11) is 0. The quantitative estimate of drug-likeness (QED) is 0.440. The first-order valence-electron chi connectivity index (χ1n) is 6.88. The summed E-state index contributed by atoms with van der Waals surface area (Å²) in [6, 6.07) is 13.0. The Labute approximate surface area is 162 Å². The van der Waals surface area contributed by atoms with Crippen molar-refractivity contribution < 1.29 is 0 Å². The van der Waals surface area contributed by atoms with Crippen LogP contribution in [0.5, 0.6) is 0 Å². The second-order valence-electron chi connectivity index (χ2n) is 4.87. The molecule has 0 aliphatic heterocycles. The summed E-state index contributed by atoms with van der Waals surface area (Å²) >= 11 is 14.4. The minimum absolute atomic E-state index is 0.382. The summed E-state index contributed by atoms with van der Waals surface area (Å²) < 4.78 is 1.15. The van der Waals surface area contributed by atoms with Crippen molar-refractivity contribution in [1.29, 1.82) is 0 Å². The van der Waals surface area contributed by atoms with Crippen LogP contribution in [0.1, 0.15) is 0 Å². The average molecular weight is 472 g/mol. The third-order valence-corrected chi connectivity index (χ3v) is 4.46. The first-order valence-corrected chi connectivity index (χ1v) is 8.71. The molecule has 0 saturated carbocycles. The van der Waals surface area contributed by atoms with Gasteiger partial charge in [-0.15, -0.1) is 0 Å². The summed E-state index contributed by atoms with van der Waals surface area (Å²) in [4.78, 5) is 8.36. The number of hydrogen-bond donors (Lipinski definition) is 3. The smallest absolute Gasteiger partial charge is 0.159 e. The van der Waals surface area contributed by atoms with E-state index in [1.807, 2.05) is 24.3 Å². The molecule has 2 aromatic carbocycles. The molecular formula is C16H12Cl2IN5. The number of aromatic nitrogens is 2. The Hall–Kier alpha value is -1.77. The fourth-order valence-corrected chi connectivity index (χ4v) is 2.68. The summed E-state index contributed by atoms with van der Waals surface area (Å²) in [5, 5.41) is 7.34. The van der Waals surface area contributed by atoms with Crippen molar-refractivity contribution in [3.63, 3.8) is 0 Å². The van der Waals surface area contributed by atoms with Gasteiger partial charge in [0.15, 0.2) is 11.6 Å². The predicted molar refractivity (Wildman–Crippen MR) is 109 cm³/mol. The number of nitrogens with two attached hydrogens (primary N) is 1. The molecule has 5 nitrogen and oxygen atoms in total. The van der Waals surface area contributed by atoms with Crippen LogP contribution in [0.25, 0.3) is 0 Å². The Kier molecular flexibility index (Phi) is 5.27. The van der Waals surface area contributed by atoms with Crippen molar-refractivity contribution >= 4 is 74.5 Å². The molecular weight excluding hydrogens is 460 g/mol. The van der Waals surface area contributed by atoms with Gasteiger partial charge in [0.05, 0.1) is 10.7 Å². The van der Waals surface area contributed by atoms with Crippen molar-refractivity contribution in [2.45, 2.75) is 0 Å². The maximum atomic E-state index is 6.17. The minimum Gasteiger partial charge on any atom is -0.393 e. The van der Waals surface area contributed by atoms with Gasteiger partial charge in [0.25, 0.3) is 0 Å². The van der Waals surface area contributed by atoms with Gasteiger partial charge in [-0.2, -0.15) is 0 Å². The van der Waals surface area contributed by atoms with E-state index in [9.17, 15) is 0 Å². The van der Waals surface area contributed by atoms with Crippen molar-refractivity contribution in [2.24, 2.45) is 0 Å². The van der Waals surface area contributed by atoms with Crippen LogP contribution in [-0.2, 0) is 0 Å². The SMILES string of the molecule is Nc1c(Nc2ccc(I)cc2)ncnc1Nc1cc(Cl)ccc1Cl. The molecule has 24 heavy (non-hydrogen) atoms. The number of benzene rings is 2. The maximum Gasteiger partial charge on any atom is 0.159 e. The molecule has 0 amide bonds. The lowest BCUT2D eigenvalue weighted by Crippen LogP contribution is -2.05. The number of halogens is 3. The van der Waals surface area contributed by atoms with Crippen LogP contribution in [0.15, 0.2) is 48.8 Å². The second-order valence-corrected chi connectivity index (χ2v) is 6.95. The zero-order valence-corrected chi connectivity index (χ0v) is 15.9. The molecule has 0 radical (unpaired) electrons. The average Bonchev–Trinajstić information content (AvgIpc) is 2.56. The first kappa shape index (κ1) is 17.1. The lowest BCUT2D eigenvalue weighted by molar-refractivity contribution is 1.17. The van der Waals surface area contributed by atoms with E-state index in [0.717, 1.165) is 9.26 Å². The second kappa shape index (κ2) is 7.42. The molecule has 4 N–H and O–H groups in total. The van der Waals surface area contributed by atoms with Gasteiger partial charge in [-0.3, -0.25) is 0 Å². The van der Waals surface area contributed by atoms with E-state index in [2.05, 4.69) is 43.2 Å². The number of rotatable bonds is 4. The summed E-state index contributed by atoms with van der Waals surface area (Å²) in [5.74, 6) is 0.953. The van der Waals surface area contributed by atoms with E-state index in [0.29, 0.717) is 33.1 Å². The zero-order valence-electron chi connectivity index (χ0n) is 12.2. The van der Waals surface area contributed by atoms with Gasteiger partial charge < -0.3 is 16.4 Å². The molecule has 0 aliphatic carbocycles. The highest BCUT2D eigenvalue weighted by Crippen LogP contribution is 2.32. The highest BCUT2D eigenvalue weighted by molar-refractivity contribution is 14.1. The van der Waals surface area contributed by atoms with Crippen molar-refractivity contribution in [1.82, 2.24) is 9.97 Å². The van der Waals surface area contributed by atoms with Crippen molar-refractivity contribution in [3.05, 3.63) is 62.4 Å². The molecule has 0 unspecified atom stereocenters. The lowest BCUT2D eigenvalue weighted by Gasteiger charge is -2.13. The van der Waals surface area contributed by atoms with Gasteiger partial charge in [-0.25, -0.2) is 9.97 Å². The third-order valence-electron chi connectivity index (χ3n) is 3.17. The highest BCUT2D eigenvalue weighted by atomic mass is 127. The number of anilines is 5. The Morgan fingerprint density at radius 1 is 0.917 bits per heavy atom. The van der Waals surface area contributed by atoms with E-state index in [-0.39, 0.29) is 0 Å². The zero-order chi connectivity index (χ0) is 17.1. The largest absolute Gasteiger partial charge is 0.393 e. The maximum absolute atomic E-state index is 6.17. The van der Waals surface area contributed by atoms with E-state index in [1.54, 1.807) is 18.2 Å². The number of nitrogen functional groups attached to an aromatic ring is 1. The molecule has 3 rings (SSSR count). The van der Waals surface area contributed by atoms with Gasteiger partial charge in [0.1, 0.15) is 12.0 Å². The number of hydrogen-bond acceptors (Lipinski definition) is 5. The summed E-state index contributed by atoms with van der Waals surface area (Å²) in [6.45, 7) is 0. The summed E-state index contributed by atoms with van der Waals surface area (Å²) in [5.41, 5.74) is 8.05. The normalized spacial score (nSPS) is 10.5. The number of nitrogens with zero attached hydrogens (tertiary/aromatic N) is 2. The molecule has 1 aromatic heterocycles. The number of nitrogens with one attached hydrogen (secondary N) is 2. The van der Waals surface area contributed by atoms with Crippen LogP contribution in [0.3, 0.4) is 0 Å². The Morgan fingerprint density at radius 2 is 1.58 bits per heavy atom. The molecule has 0 bridgehead atoms. The molecule has 1 heterocycles. The van der Waals surface area contributed by atoms with Crippen LogP contribution < -0.4 is 16.4 Å². The fraction of sp³-hybridized carbons (Fsp3) is 0. The summed E-state index contributed by atoms with van der Waals surface area (Å²) in [6.07, 6.45) is 1.42. The van der Waals surface area contributed by atoms with Gasteiger partial charge in [-0.05, 0) is 65.1 Å². The standard InChI is InChI=1S/C16H12Cl2IN5/c17-9-1-6-12(18)13(7-9)24-16-14(20)15(21-8-22-16)23-11-4-2-10(19)3-5-11/h1-8H,20H2,(H2,21,22,23,24).